The molecule has 2 fully saturated rings. The highest BCUT2D eigenvalue weighted by Crippen LogP contribution is 2.38. The lowest BCUT2D eigenvalue weighted by atomic mass is 9.92. The van der Waals surface area contributed by atoms with Crippen molar-refractivity contribution >= 4 is 11.8 Å². The molecule has 2 heterocycles. The molecule has 2 N–H and O–H groups in total. The van der Waals surface area contributed by atoms with Crippen LogP contribution in [0.5, 0.6) is 5.88 Å². The van der Waals surface area contributed by atoms with Gasteiger partial charge >= 0.3 is 6.09 Å². The van der Waals surface area contributed by atoms with Crippen LogP contribution in [0.2, 0.25) is 0 Å². The van der Waals surface area contributed by atoms with Crippen LogP contribution in [0.4, 0.5) is 10.5 Å². The molecule has 0 radical (unpaired) electrons. The summed E-state index contributed by atoms with van der Waals surface area (Å²) in [5.41, 5.74) is 1.10. The molecule has 3 atom stereocenters. The lowest BCUT2D eigenvalue weighted by molar-refractivity contribution is 0.178. The van der Waals surface area contributed by atoms with E-state index in [2.05, 4.69) is 15.2 Å². The minimum Gasteiger partial charge on any atom is -0.481 e. The van der Waals surface area contributed by atoms with Gasteiger partial charge in [-0.25, -0.2) is 9.78 Å². The van der Waals surface area contributed by atoms with Crippen molar-refractivity contribution in [3.8, 4) is 5.88 Å². The average molecular weight is 277 g/mol. The maximum atomic E-state index is 10.9. The summed E-state index contributed by atoms with van der Waals surface area (Å²) in [5, 5.41) is 11.6. The van der Waals surface area contributed by atoms with E-state index in [1.54, 1.807) is 13.3 Å². The normalized spacial score (nSPS) is 28.2. The summed E-state index contributed by atoms with van der Waals surface area (Å²) in [5.74, 6) is 1.40. The minimum absolute atomic E-state index is 0.104. The Balaban J connectivity index is 1.74. The maximum absolute atomic E-state index is 10.9. The number of amides is 1. The highest BCUT2D eigenvalue weighted by atomic mass is 16.5. The van der Waals surface area contributed by atoms with Gasteiger partial charge in [-0.05, 0) is 30.7 Å². The number of piperidine rings is 1. The van der Waals surface area contributed by atoms with Gasteiger partial charge in [0.1, 0.15) is 0 Å². The second-order valence-corrected chi connectivity index (χ2v) is 5.53. The molecule has 1 saturated heterocycles. The first-order valence-corrected chi connectivity index (χ1v) is 6.92. The second-order valence-electron chi connectivity index (χ2n) is 5.53. The SMILES string of the molecule is COc1cc(N2C[C@H]3CC[C@@H](C2)[C@H]3NC(=O)O)ccn1. The van der Waals surface area contributed by atoms with Gasteiger partial charge in [0.25, 0.3) is 0 Å². The molecule has 20 heavy (non-hydrogen) atoms. The Bertz CT molecular complexity index is 494. The molecule has 0 aromatic carbocycles. The summed E-state index contributed by atoms with van der Waals surface area (Å²) in [7, 11) is 1.61. The molecule has 0 unspecified atom stereocenters. The van der Waals surface area contributed by atoms with Crippen LogP contribution in [0.25, 0.3) is 0 Å². The topological polar surface area (TPSA) is 74.7 Å². The van der Waals surface area contributed by atoms with Gasteiger partial charge in [0.2, 0.25) is 5.88 Å². The minimum atomic E-state index is -0.911. The number of nitrogens with one attached hydrogen (secondary N) is 1. The first-order chi connectivity index (χ1) is 9.67. The molecule has 1 aliphatic carbocycles. The maximum Gasteiger partial charge on any atom is 0.404 e. The third kappa shape index (κ3) is 2.37. The lowest BCUT2D eigenvalue weighted by Crippen LogP contribution is -2.52. The molecule has 1 aromatic heterocycles. The number of methoxy groups -OCH3 is 1. The smallest absolute Gasteiger partial charge is 0.404 e. The van der Waals surface area contributed by atoms with Crippen molar-refractivity contribution in [1.82, 2.24) is 10.3 Å². The Labute approximate surface area is 117 Å². The lowest BCUT2D eigenvalue weighted by Gasteiger charge is -2.39. The number of nitrogens with zero attached hydrogens (tertiary/aromatic N) is 2. The largest absolute Gasteiger partial charge is 0.481 e. The van der Waals surface area contributed by atoms with Crippen molar-refractivity contribution in [2.24, 2.45) is 11.8 Å². The summed E-state index contributed by atoms with van der Waals surface area (Å²) in [6.45, 7) is 1.77. The molecule has 1 aliphatic heterocycles. The van der Waals surface area contributed by atoms with Crippen LogP contribution in [0.3, 0.4) is 0 Å². The molecule has 1 saturated carbocycles. The van der Waals surface area contributed by atoms with Crippen LogP contribution in [0, 0.1) is 11.8 Å². The average Bonchev–Trinajstić information content (AvgIpc) is 2.69. The summed E-state index contributed by atoms with van der Waals surface area (Å²) in [4.78, 5) is 17.3. The fourth-order valence-electron chi connectivity index (χ4n) is 3.52. The molecule has 3 rings (SSSR count). The number of hydrogen-bond acceptors (Lipinski definition) is 4. The Morgan fingerprint density at radius 1 is 1.45 bits per heavy atom. The molecule has 6 nitrogen and oxygen atoms in total. The monoisotopic (exact) mass is 277 g/mol. The Morgan fingerprint density at radius 3 is 2.75 bits per heavy atom. The van der Waals surface area contributed by atoms with E-state index in [9.17, 15) is 4.79 Å². The van der Waals surface area contributed by atoms with Crippen molar-refractivity contribution in [2.45, 2.75) is 18.9 Å². The van der Waals surface area contributed by atoms with Crippen molar-refractivity contribution in [3.63, 3.8) is 0 Å². The number of ether oxygens (including phenoxy) is 1. The number of anilines is 1. The van der Waals surface area contributed by atoms with E-state index in [-0.39, 0.29) is 6.04 Å². The van der Waals surface area contributed by atoms with Gasteiger partial charge in [-0.2, -0.15) is 0 Å². The van der Waals surface area contributed by atoms with Crippen molar-refractivity contribution in [3.05, 3.63) is 18.3 Å². The Kier molecular flexibility index (Phi) is 3.38. The van der Waals surface area contributed by atoms with Crippen molar-refractivity contribution in [2.75, 3.05) is 25.1 Å². The van der Waals surface area contributed by atoms with Crippen LogP contribution in [0.15, 0.2) is 18.3 Å². The molecule has 2 aliphatic rings. The van der Waals surface area contributed by atoms with E-state index in [0.29, 0.717) is 17.7 Å². The molecule has 0 spiro atoms. The van der Waals surface area contributed by atoms with Gasteiger partial charge in [-0.15, -0.1) is 0 Å². The molecule has 1 amide bonds. The van der Waals surface area contributed by atoms with Gasteiger partial charge in [-0.1, -0.05) is 0 Å². The summed E-state index contributed by atoms with van der Waals surface area (Å²) >= 11 is 0. The third-order valence-corrected chi connectivity index (χ3v) is 4.42. The number of pyridine rings is 1. The van der Waals surface area contributed by atoms with Crippen LogP contribution in [0.1, 0.15) is 12.8 Å². The van der Waals surface area contributed by atoms with Crippen LogP contribution < -0.4 is 15.0 Å². The number of fused-ring (bicyclic) bond motifs is 2. The molecular formula is C14H19N3O3. The molecule has 2 bridgehead atoms. The first kappa shape index (κ1) is 13.0. The van der Waals surface area contributed by atoms with Gasteiger partial charge in [0, 0.05) is 37.1 Å². The zero-order chi connectivity index (χ0) is 14.1. The number of aromatic nitrogens is 1. The van der Waals surface area contributed by atoms with Gasteiger partial charge in [-0.3, -0.25) is 0 Å². The molecule has 108 valence electrons. The Morgan fingerprint density at radius 2 is 2.15 bits per heavy atom. The summed E-state index contributed by atoms with van der Waals surface area (Å²) in [6, 6.07) is 4.02. The quantitative estimate of drug-likeness (QED) is 0.877. The predicted octanol–water partition coefficient (Wildman–Crippen LogP) is 1.57. The number of rotatable bonds is 3. The van der Waals surface area contributed by atoms with E-state index in [4.69, 9.17) is 9.84 Å². The molecule has 1 aromatic rings. The van der Waals surface area contributed by atoms with E-state index in [1.165, 1.54) is 0 Å². The van der Waals surface area contributed by atoms with Crippen LogP contribution in [-0.2, 0) is 0 Å². The highest BCUT2D eigenvalue weighted by Gasteiger charge is 2.42. The number of hydrogen-bond donors (Lipinski definition) is 2. The van der Waals surface area contributed by atoms with E-state index in [0.717, 1.165) is 31.6 Å². The Hall–Kier alpha value is -1.98. The van der Waals surface area contributed by atoms with E-state index >= 15 is 0 Å². The third-order valence-electron chi connectivity index (χ3n) is 4.42. The van der Waals surface area contributed by atoms with E-state index < -0.39 is 6.09 Å². The van der Waals surface area contributed by atoms with Crippen LogP contribution in [-0.4, -0.2) is 42.4 Å². The van der Waals surface area contributed by atoms with Gasteiger partial charge in [0.15, 0.2) is 0 Å². The fourth-order valence-corrected chi connectivity index (χ4v) is 3.52. The highest BCUT2D eigenvalue weighted by molar-refractivity contribution is 5.65. The number of carboxylic acid groups (broad SMARTS) is 1. The zero-order valence-corrected chi connectivity index (χ0v) is 11.5. The molecular weight excluding hydrogens is 258 g/mol. The summed E-state index contributed by atoms with van der Waals surface area (Å²) < 4.78 is 5.16. The molecule has 6 heteroatoms. The fraction of sp³-hybridized carbons (Fsp3) is 0.571. The first-order valence-electron chi connectivity index (χ1n) is 6.92. The summed E-state index contributed by atoms with van der Waals surface area (Å²) in [6.07, 6.45) is 3.02. The number of carbonyl (C=O) groups is 1. The zero-order valence-electron chi connectivity index (χ0n) is 11.5. The van der Waals surface area contributed by atoms with Gasteiger partial charge < -0.3 is 20.1 Å². The standard InChI is InChI=1S/C14H19N3O3/c1-20-12-6-11(4-5-15-12)17-7-9-2-3-10(8-17)13(9)16-14(18)19/h4-6,9-10,13,16H,2-3,7-8H2,1H3,(H,18,19)/t9-,10+,13+. The van der Waals surface area contributed by atoms with Crippen molar-refractivity contribution in [1.29, 1.82) is 0 Å². The second kappa shape index (κ2) is 5.19. The van der Waals surface area contributed by atoms with Gasteiger partial charge in [0.05, 0.1) is 7.11 Å². The van der Waals surface area contributed by atoms with Crippen LogP contribution >= 0.6 is 0 Å². The van der Waals surface area contributed by atoms with E-state index in [1.807, 2.05) is 12.1 Å². The van der Waals surface area contributed by atoms with Crippen molar-refractivity contribution < 1.29 is 14.6 Å². The predicted molar refractivity (Wildman–Crippen MR) is 74.2 cm³/mol.